The summed E-state index contributed by atoms with van der Waals surface area (Å²) in [6.07, 6.45) is 0. The third kappa shape index (κ3) is 3.00. The van der Waals surface area contributed by atoms with Crippen LogP contribution >= 0.6 is 0 Å². The first-order valence-corrected chi connectivity index (χ1v) is 10.8. The number of hydrogen-bond donors (Lipinski definition) is 0. The van der Waals surface area contributed by atoms with Crippen molar-refractivity contribution in [2.24, 2.45) is 0 Å². The molecule has 0 nitrogen and oxygen atoms in total. The van der Waals surface area contributed by atoms with E-state index in [0.29, 0.717) is 0 Å². The third-order valence-corrected chi connectivity index (χ3v) is 6.41. The summed E-state index contributed by atoms with van der Waals surface area (Å²) in [6.45, 7) is 2.27. The number of hydrogen-bond acceptors (Lipinski definition) is 0. The minimum atomic E-state index is 1.27. The third-order valence-electron chi connectivity index (χ3n) is 6.41. The molecule has 0 heterocycles. The maximum atomic E-state index is 2.35. The quantitative estimate of drug-likeness (QED) is 0.275. The Kier molecular flexibility index (Phi) is 4.11. The first-order valence-electron chi connectivity index (χ1n) is 10.8. The van der Waals surface area contributed by atoms with Crippen molar-refractivity contribution in [2.75, 3.05) is 0 Å². The molecule has 0 aliphatic heterocycles. The second-order valence-corrected chi connectivity index (χ2v) is 8.27. The van der Waals surface area contributed by atoms with E-state index in [1.54, 1.807) is 0 Å². The Morgan fingerprint density at radius 1 is 0.419 bits per heavy atom. The van der Waals surface area contributed by atoms with Gasteiger partial charge < -0.3 is 0 Å². The van der Waals surface area contributed by atoms with Gasteiger partial charge in [-0.2, -0.15) is 0 Å². The van der Waals surface area contributed by atoms with Crippen molar-refractivity contribution in [3.63, 3.8) is 0 Å². The molecule has 0 aliphatic rings. The van der Waals surface area contributed by atoms with E-state index in [1.807, 2.05) is 0 Å². The van der Waals surface area contributed by atoms with Crippen LogP contribution in [0.2, 0.25) is 0 Å². The molecule has 0 saturated carbocycles. The molecule has 0 aromatic heterocycles. The van der Waals surface area contributed by atoms with Crippen LogP contribution in [-0.2, 0) is 0 Å². The van der Waals surface area contributed by atoms with Gasteiger partial charge >= 0.3 is 0 Å². The molecule has 146 valence electrons. The highest BCUT2D eigenvalue weighted by molar-refractivity contribution is 6.04. The van der Waals surface area contributed by atoms with Crippen LogP contribution in [0.5, 0.6) is 0 Å². The van der Waals surface area contributed by atoms with Gasteiger partial charge in [0.15, 0.2) is 0 Å². The molecular weight excluding hydrogens is 372 g/mol. The van der Waals surface area contributed by atoms with Gasteiger partial charge in [-0.15, -0.1) is 0 Å². The highest BCUT2D eigenvalue weighted by Gasteiger charge is 2.14. The fraction of sp³-hybridized carbons (Fsp3) is 0.0323. The van der Waals surface area contributed by atoms with Gasteiger partial charge in [-0.1, -0.05) is 97.1 Å². The van der Waals surface area contributed by atoms with Gasteiger partial charge in [-0.05, 0) is 85.3 Å². The summed E-state index contributed by atoms with van der Waals surface area (Å²) >= 11 is 0. The van der Waals surface area contributed by atoms with Crippen molar-refractivity contribution in [2.45, 2.75) is 6.92 Å². The largest absolute Gasteiger partial charge is 0.0616 e. The smallest absolute Gasteiger partial charge is 0.00697 e. The van der Waals surface area contributed by atoms with E-state index in [4.69, 9.17) is 0 Å². The van der Waals surface area contributed by atoms with E-state index < -0.39 is 0 Å². The fourth-order valence-corrected chi connectivity index (χ4v) is 4.82. The number of rotatable bonds is 2. The average molecular weight is 395 g/mol. The Bertz CT molecular complexity index is 1590. The van der Waals surface area contributed by atoms with Gasteiger partial charge in [0.05, 0.1) is 0 Å². The monoisotopic (exact) mass is 394 g/mol. The van der Waals surface area contributed by atoms with Crippen LogP contribution in [0.25, 0.3) is 54.6 Å². The fourth-order valence-electron chi connectivity index (χ4n) is 4.82. The van der Waals surface area contributed by atoms with E-state index in [-0.39, 0.29) is 0 Å². The minimum absolute atomic E-state index is 1.27. The maximum Gasteiger partial charge on any atom is -0.00697 e. The van der Waals surface area contributed by atoms with E-state index >= 15 is 0 Å². The van der Waals surface area contributed by atoms with E-state index in [1.165, 1.54) is 60.1 Å². The van der Waals surface area contributed by atoms with Crippen molar-refractivity contribution in [1.82, 2.24) is 0 Å². The summed E-state index contributed by atoms with van der Waals surface area (Å²) in [4.78, 5) is 0. The average Bonchev–Trinajstić information content (AvgIpc) is 2.83. The lowest BCUT2D eigenvalue weighted by molar-refractivity contribution is 1.48. The van der Waals surface area contributed by atoms with E-state index in [9.17, 15) is 0 Å². The van der Waals surface area contributed by atoms with Gasteiger partial charge in [-0.3, -0.25) is 0 Å². The van der Waals surface area contributed by atoms with Gasteiger partial charge in [-0.25, -0.2) is 0 Å². The van der Waals surface area contributed by atoms with Crippen LogP contribution < -0.4 is 0 Å². The molecule has 0 amide bonds. The molecule has 0 bridgehead atoms. The highest BCUT2D eigenvalue weighted by Crippen LogP contribution is 2.39. The zero-order valence-electron chi connectivity index (χ0n) is 17.5. The first-order chi connectivity index (χ1) is 15.3. The summed E-state index contributed by atoms with van der Waals surface area (Å²) < 4.78 is 0. The van der Waals surface area contributed by atoms with Crippen LogP contribution in [0.4, 0.5) is 0 Å². The first kappa shape index (κ1) is 17.9. The summed E-state index contributed by atoms with van der Waals surface area (Å²) in [5.41, 5.74) is 6.49. The zero-order chi connectivity index (χ0) is 20.8. The molecule has 6 rings (SSSR count). The molecule has 0 N–H and O–H groups in total. The van der Waals surface area contributed by atoms with Crippen LogP contribution in [0.3, 0.4) is 0 Å². The molecule has 31 heavy (non-hydrogen) atoms. The molecule has 0 fully saturated rings. The van der Waals surface area contributed by atoms with Crippen molar-refractivity contribution in [3.8, 4) is 22.3 Å². The molecule has 0 spiro atoms. The van der Waals surface area contributed by atoms with Crippen molar-refractivity contribution in [1.29, 1.82) is 0 Å². The van der Waals surface area contributed by atoms with Crippen LogP contribution in [-0.4, -0.2) is 0 Å². The molecule has 0 saturated heterocycles. The topological polar surface area (TPSA) is 0 Å². The van der Waals surface area contributed by atoms with Crippen molar-refractivity contribution < 1.29 is 0 Å². The van der Waals surface area contributed by atoms with Crippen LogP contribution in [0, 0.1) is 6.92 Å². The SMILES string of the molecule is Cc1c(-c2ccc3ccccc3c2)cc2ccccc2c1-c1ccc2ccccc2c1. The molecule has 0 radical (unpaired) electrons. The summed E-state index contributed by atoms with van der Waals surface area (Å²) in [5, 5.41) is 7.69. The minimum Gasteiger partial charge on any atom is -0.0616 e. The Morgan fingerprint density at radius 2 is 0.935 bits per heavy atom. The number of benzene rings is 6. The Hall–Kier alpha value is -3.90. The van der Waals surface area contributed by atoms with Gasteiger partial charge in [0, 0.05) is 0 Å². The van der Waals surface area contributed by atoms with Crippen molar-refractivity contribution >= 4 is 32.3 Å². The molecule has 0 heteroatoms. The predicted octanol–water partition coefficient (Wildman–Crippen LogP) is 8.79. The molecule has 0 unspecified atom stereocenters. The Morgan fingerprint density at radius 3 is 1.61 bits per heavy atom. The van der Waals surface area contributed by atoms with Gasteiger partial charge in [0.1, 0.15) is 0 Å². The number of fused-ring (bicyclic) bond motifs is 3. The molecule has 0 atom stereocenters. The van der Waals surface area contributed by atoms with Crippen LogP contribution in [0.1, 0.15) is 5.56 Å². The summed E-state index contributed by atoms with van der Waals surface area (Å²) in [5.74, 6) is 0. The highest BCUT2D eigenvalue weighted by atomic mass is 14.2. The lowest BCUT2D eigenvalue weighted by atomic mass is 9.87. The van der Waals surface area contributed by atoms with E-state index in [2.05, 4.69) is 122 Å². The normalized spacial score (nSPS) is 11.4. The summed E-state index contributed by atoms with van der Waals surface area (Å²) in [6, 6.07) is 41.9. The zero-order valence-corrected chi connectivity index (χ0v) is 17.5. The summed E-state index contributed by atoms with van der Waals surface area (Å²) in [7, 11) is 0. The second-order valence-electron chi connectivity index (χ2n) is 8.27. The molecule has 6 aromatic carbocycles. The van der Waals surface area contributed by atoms with E-state index in [0.717, 1.165) is 0 Å². The Balaban J connectivity index is 1.65. The lowest BCUT2D eigenvalue weighted by Crippen LogP contribution is -1.92. The van der Waals surface area contributed by atoms with Gasteiger partial charge in [0.25, 0.3) is 0 Å². The maximum absolute atomic E-state index is 2.35. The van der Waals surface area contributed by atoms with Crippen molar-refractivity contribution in [3.05, 3.63) is 121 Å². The Labute approximate surface area is 182 Å². The molecular formula is C31H22. The lowest BCUT2D eigenvalue weighted by Gasteiger charge is -2.17. The second kappa shape index (κ2) is 7.11. The molecule has 6 aromatic rings. The van der Waals surface area contributed by atoms with Gasteiger partial charge in [0.2, 0.25) is 0 Å². The predicted molar refractivity (Wildman–Crippen MR) is 135 cm³/mol. The standard InChI is InChI=1S/C31H22/c1-21-30(27-16-14-22-8-2-4-10-24(22)18-27)20-26-12-6-7-13-29(26)31(21)28-17-15-23-9-3-5-11-25(23)19-28/h2-20H,1H3. The van der Waals surface area contributed by atoms with Crippen LogP contribution in [0.15, 0.2) is 115 Å². The molecule has 0 aliphatic carbocycles.